The zero-order valence-electron chi connectivity index (χ0n) is 14.5. The van der Waals surface area contributed by atoms with Crippen LogP contribution in [0.1, 0.15) is 31.4 Å². The third-order valence-electron chi connectivity index (χ3n) is 4.25. The first-order valence-electron chi connectivity index (χ1n) is 8.49. The molecular weight excluding hydrogens is 328 g/mol. The quantitative estimate of drug-likeness (QED) is 0.731. The van der Waals surface area contributed by atoms with Gasteiger partial charge in [0.1, 0.15) is 5.75 Å². The SMILES string of the molecule is CCCCS(=O)(=O)NCC(c1ccccc1OC)N1CCOCC1. The second-order valence-electron chi connectivity index (χ2n) is 5.93. The van der Waals surface area contributed by atoms with Gasteiger partial charge in [-0.25, -0.2) is 13.1 Å². The van der Waals surface area contributed by atoms with E-state index < -0.39 is 10.0 Å². The van der Waals surface area contributed by atoms with Crippen LogP contribution in [-0.4, -0.2) is 59.0 Å². The van der Waals surface area contributed by atoms with Crippen LogP contribution in [0.15, 0.2) is 24.3 Å². The van der Waals surface area contributed by atoms with E-state index in [0.29, 0.717) is 26.2 Å². The van der Waals surface area contributed by atoms with E-state index in [1.54, 1.807) is 7.11 Å². The van der Waals surface area contributed by atoms with E-state index in [9.17, 15) is 8.42 Å². The number of para-hydroxylation sites is 1. The summed E-state index contributed by atoms with van der Waals surface area (Å²) < 4.78 is 38.0. The van der Waals surface area contributed by atoms with Gasteiger partial charge in [0.05, 0.1) is 32.1 Å². The van der Waals surface area contributed by atoms with Gasteiger partial charge in [-0.1, -0.05) is 31.5 Å². The van der Waals surface area contributed by atoms with E-state index in [4.69, 9.17) is 9.47 Å². The summed E-state index contributed by atoms with van der Waals surface area (Å²) in [6.07, 6.45) is 1.53. The zero-order chi connectivity index (χ0) is 17.4. The Morgan fingerprint density at radius 3 is 2.67 bits per heavy atom. The molecule has 1 N–H and O–H groups in total. The second-order valence-corrected chi connectivity index (χ2v) is 7.85. The summed E-state index contributed by atoms with van der Waals surface area (Å²) in [6.45, 7) is 5.20. The molecule has 1 fully saturated rings. The number of benzene rings is 1. The van der Waals surface area contributed by atoms with E-state index >= 15 is 0 Å². The molecule has 0 saturated carbocycles. The largest absolute Gasteiger partial charge is 0.496 e. The Morgan fingerprint density at radius 2 is 2.00 bits per heavy atom. The number of methoxy groups -OCH3 is 1. The molecule has 7 heteroatoms. The Bertz CT molecular complexity index is 600. The van der Waals surface area contributed by atoms with E-state index in [-0.39, 0.29) is 11.8 Å². The Kier molecular flexibility index (Phi) is 7.48. The number of nitrogens with one attached hydrogen (secondary N) is 1. The molecule has 1 aromatic carbocycles. The first-order valence-corrected chi connectivity index (χ1v) is 10.1. The van der Waals surface area contributed by atoms with Gasteiger partial charge in [-0.2, -0.15) is 0 Å². The molecule has 1 aliphatic heterocycles. The van der Waals surface area contributed by atoms with Crippen molar-refractivity contribution < 1.29 is 17.9 Å². The van der Waals surface area contributed by atoms with Crippen molar-refractivity contribution in [3.8, 4) is 5.75 Å². The standard InChI is InChI=1S/C17H28N2O4S/c1-3-4-13-24(20,21)18-14-16(19-9-11-23-12-10-19)15-7-5-6-8-17(15)22-2/h5-8,16,18H,3-4,9-14H2,1-2H3. The predicted molar refractivity (Wildman–Crippen MR) is 94.8 cm³/mol. The smallest absolute Gasteiger partial charge is 0.211 e. The molecule has 1 atom stereocenters. The molecule has 1 unspecified atom stereocenters. The van der Waals surface area contributed by atoms with Crippen LogP contribution in [0.2, 0.25) is 0 Å². The Morgan fingerprint density at radius 1 is 1.29 bits per heavy atom. The number of ether oxygens (including phenoxy) is 2. The minimum atomic E-state index is -3.25. The molecule has 0 bridgehead atoms. The average molecular weight is 356 g/mol. The highest BCUT2D eigenvalue weighted by atomic mass is 32.2. The van der Waals surface area contributed by atoms with Gasteiger partial charge in [0.2, 0.25) is 10.0 Å². The first kappa shape index (κ1) is 19.2. The average Bonchev–Trinajstić information content (AvgIpc) is 2.61. The zero-order valence-corrected chi connectivity index (χ0v) is 15.3. The van der Waals surface area contributed by atoms with Crippen molar-refractivity contribution in [3.05, 3.63) is 29.8 Å². The van der Waals surface area contributed by atoms with Crippen LogP contribution < -0.4 is 9.46 Å². The maximum atomic E-state index is 12.2. The van der Waals surface area contributed by atoms with Crippen molar-refractivity contribution >= 4 is 10.0 Å². The van der Waals surface area contributed by atoms with Crippen LogP contribution in [0, 0.1) is 0 Å². The highest BCUT2D eigenvalue weighted by Gasteiger charge is 2.26. The highest BCUT2D eigenvalue weighted by molar-refractivity contribution is 7.89. The second kappa shape index (κ2) is 9.36. The van der Waals surface area contributed by atoms with Gasteiger partial charge in [0.15, 0.2) is 0 Å². The summed E-state index contributed by atoms with van der Waals surface area (Å²) in [5.74, 6) is 0.951. The summed E-state index contributed by atoms with van der Waals surface area (Å²) in [5, 5.41) is 0. The van der Waals surface area contributed by atoms with Crippen LogP contribution in [0.3, 0.4) is 0 Å². The number of hydrogen-bond donors (Lipinski definition) is 1. The van der Waals surface area contributed by atoms with Gasteiger partial charge in [-0.15, -0.1) is 0 Å². The van der Waals surface area contributed by atoms with Crippen molar-refractivity contribution in [2.24, 2.45) is 0 Å². The molecular formula is C17H28N2O4S. The third kappa shape index (κ3) is 5.44. The fourth-order valence-electron chi connectivity index (χ4n) is 2.88. The molecule has 1 aliphatic rings. The van der Waals surface area contributed by atoms with Crippen molar-refractivity contribution in [1.29, 1.82) is 0 Å². The van der Waals surface area contributed by atoms with Crippen LogP contribution in [-0.2, 0) is 14.8 Å². The van der Waals surface area contributed by atoms with E-state index in [0.717, 1.165) is 30.8 Å². The number of unbranched alkanes of at least 4 members (excludes halogenated alkanes) is 1. The minimum absolute atomic E-state index is 0.0681. The van der Waals surface area contributed by atoms with Gasteiger partial charge in [0, 0.05) is 25.2 Å². The molecule has 0 amide bonds. The van der Waals surface area contributed by atoms with Crippen LogP contribution >= 0.6 is 0 Å². The normalized spacial score (nSPS) is 17.6. The number of sulfonamides is 1. The lowest BCUT2D eigenvalue weighted by molar-refractivity contribution is 0.0167. The van der Waals surface area contributed by atoms with E-state index in [2.05, 4.69) is 9.62 Å². The molecule has 1 saturated heterocycles. The predicted octanol–water partition coefficient (Wildman–Crippen LogP) is 1.79. The summed E-state index contributed by atoms with van der Waals surface area (Å²) in [5.41, 5.74) is 1.00. The fourth-order valence-corrected chi connectivity index (χ4v) is 4.10. The highest BCUT2D eigenvalue weighted by Crippen LogP contribution is 2.29. The van der Waals surface area contributed by atoms with Crippen molar-refractivity contribution in [2.45, 2.75) is 25.8 Å². The van der Waals surface area contributed by atoms with E-state index in [1.807, 2.05) is 31.2 Å². The van der Waals surface area contributed by atoms with Crippen molar-refractivity contribution in [3.63, 3.8) is 0 Å². The first-order chi connectivity index (χ1) is 11.6. The third-order valence-corrected chi connectivity index (χ3v) is 5.68. The lowest BCUT2D eigenvalue weighted by Crippen LogP contribution is -2.44. The van der Waals surface area contributed by atoms with Crippen LogP contribution in [0.4, 0.5) is 0 Å². The minimum Gasteiger partial charge on any atom is -0.496 e. The van der Waals surface area contributed by atoms with Gasteiger partial charge < -0.3 is 9.47 Å². The Labute approximate surface area is 145 Å². The molecule has 24 heavy (non-hydrogen) atoms. The monoisotopic (exact) mass is 356 g/mol. The summed E-state index contributed by atoms with van der Waals surface area (Å²) in [7, 11) is -1.61. The van der Waals surface area contributed by atoms with Gasteiger partial charge in [-0.05, 0) is 12.5 Å². The molecule has 6 nitrogen and oxygen atoms in total. The molecule has 0 radical (unpaired) electrons. The molecule has 0 aliphatic carbocycles. The molecule has 0 spiro atoms. The van der Waals surface area contributed by atoms with Gasteiger partial charge in [0.25, 0.3) is 0 Å². The number of hydrogen-bond acceptors (Lipinski definition) is 5. The number of morpholine rings is 1. The topological polar surface area (TPSA) is 67.9 Å². The van der Waals surface area contributed by atoms with Crippen molar-refractivity contribution in [1.82, 2.24) is 9.62 Å². The maximum Gasteiger partial charge on any atom is 0.211 e. The molecule has 2 rings (SSSR count). The number of nitrogens with zero attached hydrogens (tertiary/aromatic N) is 1. The Balaban J connectivity index is 2.17. The molecule has 136 valence electrons. The lowest BCUT2D eigenvalue weighted by atomic mass is 10.0. The fraction of sp³-hybridized carbons (Fsp3) is 0.647. The molecule has 1 aromatic rings. The van der Waals surface area contributed by atoms with Gasteiger partial charge in [-0.3, -0.25) is 4.90 Å². The maximum absolute atomic E-state index is 12.2. The lowest BCUT2D eigenvalue weighted by Gasteiger charge is -2.35. The summed E-state index contributed by atoms with van der Waals surface area (Å²) in [4.78, 5) is 2.25. The molecule has 1 heterocycles. The van der Waals surface area contributed by atoms with E-state index in [1.165, 1.54) is 0 Å². The summed E-state index contributed by atoms with van der Waals surface area (Å²) >= 11 is 0. The van der Waals surface area contributed by atoms with Gasteiger partial charge >= 0.3 is 0 Å². The Hall–Kier alpha value is -1.15. The molecule has 0 aromatic heterocycles. The van der Waals surface area contributed by atoms with Crippen molar-refractivity contribution in [2.75, 3.05) is 45.7 Å². The number of rotatable bonds is 9. The summed E-state index contributed by atoms with van der Waals surface area (Å²) in [6, 6.07) is 7.72. The van der Waals surface area contributed by atoms with Crippen LogP contribution in [0.25, 0.3) is 0 Å². The van der Waals surface area contributed by atoms with Crippen LogP contribution in [0.5, 0.6) is 5.75 Å².